The van der Waals surface area contributed by atoms with E-state index >= 15 is 0 Å². The Hall–Kier alpha value is -2.67. The number of amides is 1. The second-order valence-electron chi connectivity index (χ2n) is 8.30. The molecule has 2 aromatic rings. The predicted octanol–water partition coefficient (Wildman–Crippen LogP) is 3.10. The third kappa shape index (κ3) is 4.51. The molecule has 166 valence electrons. The van der Waals surface area contributed by atoms with Crippen LogP contribution in [0.1, 0.15) is 47.9 Å². The molecule has 0 aliphatic carbocycles. The van der Waals surface area contributed by atoms with Gasteiger partial charge in [-0.05, 0) is 50.7 Å². The van der Waals surface area contributed by atoms with Crippen molar-refractivity contribution in [3.05, 3.63) is 46.9 Å². The average Bonchev–Trinajstić information content (AvgIpc) is 3.28. The molecule has 1 fully saturated rings. The van der Waals surface area contributed by atoms with E-state index in [4.69, 9.17) is 19.4 Å². The molecule has 2 aliphatic heterocycles. The van der Waals surface area contributed by atoms with E-state index in [1.54, 1.807) is 14.2 Å². The van der Waals surface area contributed by atoms with Crippen molar-refractivity contribution in [2.24, 2.45) is 0 Å². The Balaban J connectivity index is 1.58. The molecular formula is C24H32N4O3. The zero-order valence-electron chi connectivity index (χ0n) is 18.8. The van der Waals surface area contributed by atoms with Crippen LogP contribution in [0, 0.1) is 6.92 Å². The first-order valence-electron chi connectivity index (χ1n) is 11.1. The average molecular weight is 425 g/mol. The number of anilines is 1. The first-order valence-corrected chi connectivity index (χ1v) is 11.1. The molecule has 0 spiro atoms. The van der Waals surface area contributed by atoms with Crippen LogP contribution in [0.15, 0.2) is 24.3 Å². The van der Waals surface area contributed by atoms with Crippen LogP contribution >= 0.6 is 0 Å². The zero-order chi connectivity index (χ0) is 21.8. The van der Waals surface area contributed by atoms with E-state index in [9.17, 15) is 4.79 Å². The Kier molecular flexibility index (Phi) is 6.70. The lowest BCUT2D eigenvalue weighted by Crippen LogP contribution is -2.36. The van der Waals surface area contributed by atoms with Crippen LogP contribution in [0.2, 0.25) is 0 Å². The van der Waals surface area contributed by atoms with Gasteiger partial charge in [-0.25, -0.2) is 9.97 Å². The highest BCUT2D eigenvalue weighted by Gasteiger charge is 2.33. The molecule has 31 heavy (non-hydrogen) atoms. The minimum absolute atomic E-state index is 0.0111. The van der Waals surface area contributed by atoms with Crippen LogP contribution in [0.25, 0.3) is 0 Å². The van der Waals surface area contributed by atoms with E-state index in [-0.39, 0.29) is 18.6 Å². The van der Waals surface area contributed by atoms with E-state index in [0.29, 0.717) is 0 Å². The molecule has 4 rings (SSSR count). The second-order valence-corrected chi connectivity index (χ2v) is 8.30. The molecule has 7 heteroatoms. The topological polar surface area (TPSA) is 67.8 Å². The molecule has 7 nitrogen and oxygen atoms in total. The number of rotatable bonds is 7. The van der Waals surface area contributed by atoms with Crippen LogP contribution < -0.4 is 9.64 Å². The third-order valence-corrected chi connectivity index (χ3v) is 6.35. The summed E-state index contributed by atoms with van der Waals surface area (Å²) in [5, 5.41) is 0. The van der Waals surface area contributed by atoms with Crippen molar-refractivity contribution in [1.82, 2.24) is 14.9 Å². The summed E-state index contributed by atoms with van der Waals surface area (Å²) in [5.74, 6) is 2.74. The fourth-order valence-electron chi connectivity index (χ4n) is 4.78. The van der Waals surface area contributed by atoms with E-state index in [1.165, 1.54) is 11.1 Å². The number of ether oxygens (including phenoxy) is 2. The summed E-state index contributed by atoms with van der Waals surface area (Å²) in [6.45, 7) is 4.77. The molecule has 3 heterocycles. The molecular weight excluding hydrogens is 392 g/mol. The van der Waals surface area contributed by atoms with Crippen LogP contribution in [-0.4, -0.2) is 61.2 Å². The highest BCUT2D eigenvalue weighted by atomic mass is 16.5. The number of likely N-dealkylation sites (tertiary alicyclic amines) is 1. The lowest BCUT2D eigenvalue weighted by Gasteiger charge is -2.32. The molecule has 0 bridgehead atoms. The van der Waals surface area contributed by atoms with Crippen molar-refractivity contribution in [1.29, 1.82) is 0 Å². The van der Waals surface area contributed by atoms with Gasteiger partial charge in [0.25, 0.3) is 0 Å². The molecule has 1 aromatic carbocycles. The van der Waals surface area contributed by atoms with Gasteiger partial charge in [-0.3, -0.25) is 4.79 Å². The quantitative estimate of drug-likeness (QED) is 0.680. The van der Waals surface area contributed by atoms with Crippen molar-refractivity contribution in [2.75, 3.05) is 45.4 Å². The first kappa shape index (κ1) is 21.6. The SMILES string of the molecule is COCC(=O)N1CCC[C@H]1c1nc(C)c2c(n1)N(CCc1ccccc1OC)CCC2. The molecule has 2 aliphatic rings. The van der Waals surface area contributed by atoms with E-state index in [1.807, 2.05) is 17.0 Å². The normalized spacial score (nSPS) is 18.2. The van der Waals surface area contributed by atoms with Crippen molar-refractivity contribution >= 4 is 11.7 Å². The summed E-state index contributed by atoms with van der Waals surface area (Å²) in [6, 6.07) is 8.12. The molecule has 1 aromatic heterocycles. The Morgan fingerprint density at radius 2 is 2.00 bits per heavy atom. The van der Waals surface area contributed by atoms with Crippen LogP contribution in [-0.2, 0) is 22.4 Å². The number of carbonyl (C=O) groups excluding carboxylic acids is 1. The Labute approximate surface area is 184 Å². The standard InChI is InChI=1S/C24H32N4O3/c1-17-19-9-6-13-27(15-12-18-8-4-5-11-21(18)31-3)24(19)26-23(25-17)20-10-7-14-28(20)22(29)16-30-2/h4-5,8,11,20H,6-7,9-10,12-16H2,1-3H3/t20-/m0/s1. The maximum atomic E-state index is 12.5. The number of aromatic nitrogens is 2. The Morgan fingerprint density at radius 1 is 1.16 bits per heavy atom. The van der Waals surface area contributed by atoms with Gasteiger partial charge in [-0.15, -0.1) is 0 Å². The smallest absolute Gasteiger partial charge is 0.249 e. The lowest BCUT2D eigenvalue weighted by molar-refractivity contribution is -0.136. The summed E-state index contributed by atoms with van der Waals surface area (Å²) >= 11 is 0. The van der Waals surface area contributed by atoms with Crippen molar-refractivity contribution in [3.8, 4) is 5.75 Å². The van der Waals surface area contributed by atoms with Crippen molar-refractivity contribution in [2.45, 2.75) is 45.1 Å². The zero-order valence-corrected chi connectivity index (χ0v) is 18.8. The number of carbonyl (C=O) groups is 1. The minimum Gasteiger partial charge on any atom is -0.496 e. The monoisotopic (exact) mass is 424 g/mol. The molecule has 1 amide bonds. The van der Waals surface area contributed by atoms with Gasteiger partial charge in [-0.2, -0.15) is 0 Å². The number of nitrogens with zero attached hydrogens (tertiary/aromatic N) is 4. The van der Waals surface area contributed by atoms with Crippen LogP contribution in [0.5, 0.6) is 5.75 Å². The fourth-order valence-corrected chi connectivity index (χ4v) is 4.78. The number of hydrogen-bond donors (Lipinski definition) is 0. The number of aryl methyl sites for hydroxylation is 1. The van der Waals surface area contributed by atoms with Crippen molar-refractivity contribution < 1.29 is 14.3 Å². The fraction of sp³-hybridized carbons (Fsp3) is 0.542. The minimum atomic E-state index is -0.0651. The van der Waals surface area contributed by atoms with Gasteiger partial charge < -0.3 is 19.3 Å². The van der Waals surface area contributed by atoms with Gasteiger partial charge in [0.05, 0.1) is 13.2 Å². The summed E-state index contributed by atoms with van der Waals surface area (Å²) < 4.78 is 10.6. The van der Waals surface area contributed by atoms with Gasteiger partial charge in [0.15, 0.2) is 5.82 Å². The van der Waals surface area contributed by atoms with Gasteiger partial charge in [0.2, 0.25) is 5.91 Å². The van der Waals surface area contributed by atoms with Gasteiger partial charge in [0, 0.05) is 38.0 Å². The summed E-state index contributed by atoms with van der Waals surface area (Å²) in [7, 11) is 3.28. The predicted molar refractivity (Wildman–Crippen MR) is 120 cm³/mol. The molecule has 0 radical (unpaired) electrons. The number of para-hydroxylation sites is 1. The molecule has 0 saturated carbocycles. The van der Waals surface area contributed by atoms with Gasteiger partial charge >= 0.3 is 0 Å². The number of benzene rings is 1. The molecule has 0 unspecified atom stereocenters. The summed E-state index contributed by atoms with van der Waals surface area (Å²) in [6.07, 6.45) is 4.86. The van der Waals surface area contributed by atoms with Gasteiger partial charge in [0.1, 0.15) is 18.2 Å². The van der Waals surface area contributed by atoms with E-state index < -0.39 is 0 Å². The maximum Gasteiger partial charge on any atom is 0.249 e. The van der Waals surface area contributed by atoms with Gasteiger partial charge in [-0.1, -0.05) is 18.2 Å². The largest absolute Gasteiger partial charge is 0.496 e. The van der Waals surface area contributed by atoms with Crippen LogP contribution in [0.4, 0.5) is 5.82 Å². The summed E-state index contributed by atoms with van der Waals surface area (Å²) in [4.78, 5) is 26.6. The van der Waals surface area contributed by atoms with E-state index in [0.717, 1.165) is 74.8 Å². The third-order valence-electron chi connectivity index (χ3n) is 6.35. The van der Waals surface area contributed by atoms with Crippen molar-refractivity contribution in [3.63, 3.8) is 0 Å². The molecule has 1 atom stereocenters. The number of fused-ring (bicyclic) bond motifs is 1. The number of hydrogen-bond acceptors (Lipinski definition) is 6. The first-order chi connectivity index (χ1) is 15.1. The second kappa shape index (κ2) is 9.64. The lowest BCUT2D eigenvalue weighted by atomic mass is 10.0. The Bertz CT molecular complexity index is 933. The maximum absolute atomic E-state index is 12.5. The Morgan fingerprint density at radius 3 is 2.81 bits per heavy atom. The van der Waals surface area contributed by atoms with E-state index in [2.05, 4.69) is 24.0 Å². The number of methoxy groups -OCH3 is 2. The summed E-state index contributed by atoms with van der Waals surface area (Å²) in [5.41, 5.74) is 3.48. The highest BCUT2D eigenvalue weighted by Crippen LogP contribution is 2.34. The molecule has 1 saturated heterocycles. The highest BCUT2D eigenvalue weighted by molar-refractivity contribution is 5.78. The molecule has 0 N–H and O–H groups in total. The van der Waals surface area contributed by atoms with Crippen LogP contribution in [0.3, 0.4) is 0 Å².